The van der Waals surface area contributed by atoms with Crippen molar-refractivity contribution in [2.24, 2.45) is 0 Å². The van der Waals surface area contributed by atoms with Crippen molar-refractivity contribution < 1.29 is 42.7 Å². The Labute approximate surface area is 163 Å². The van der Waals surface area contributed by atoms with Gasteiger partial charge in [0.05, 0.1) is 38.4 Å². The predicted molar refractivity (Wildman–Crippen MR) is 94.3 cm³/mol. The molecule has 0 radical (unpaired) electrons. The van der Waals surface area contributed by atoms with Gasteiger partial charge in [0.25, 0.3) is 30.4 Å². The van der Waals surface area contributed by atoms with E-state index < -0.39 is 72.3 Å². The topological polar surface area (TPSA) is 176 Å². The Morgan fingerprint density at radius 3 is 1.64 bits per heavy atom. The average Bonchev–Trinajstić information content (AvgIpc) is 2.48. The molecule has 0 aromatic heterocycles. The van der Waals surface area contributed by atoms with Crippen LogP contribution in [0, 0.1) is 10.1 Å². The zero-order chi connectivity index (χ0) is 21.5. The van der Waals surface area contributed by atoms with E-state index in [1.54, 1.807) is 0 Å². The SMILES string of the molecule is CS(=O)(=O)OCC1CC2([N+](=O)[O-])CC(COS(C)(=O)=O)N1C(OS(C)(=O)=O)C2. The second kappa shape index (κ2) is 7.73. The number of hydrogen-bond acceptors (Lipinski definition) is 12. The lowest BCUT2D eigenvalue weighted by Gasteiger charge is -2.54. The summed E-state index contributed by atoms with van der Waals surface area (Å²) in [5, 5.41) is 11.8. The molecule has 3 saturated heterocycles. The summed E-state index contributed by atoms with van der Waals surface area (Å²) < 4.78 is 83.1. The number of fused-ring (bicyclic) bond motifs is 3. The molecule has 0 amide bonds. The molecule has 0 aromatic carbocycles. The molecule has 0 saturated carbocycles. The van der Waals surface area contributed by atoms with E-state index in [0.717, 1.165) is 18.8 Å². The van der Waals surface area contributed by atoms with Crippen molar-refractivity contribution in [3.05, 3.63) is 10.1 Å². The molecule has 16 heteroatoms. The highest BCUT2D eigenvalue weighted by molar-refractivity contribution is 7.86. The normalized spacial score (nSPS) is 33.7. The quantitative estimate of drug-likeness (QED) is 0.218. The minimum absolute atomic E-state index is 0.117. The summed E-state index contributed by atoms with van der Waals surface area (Å²) in [5.74, 6) is 0. The van der Waals surface area contributed by atoms with E-state index in [-0.39, 0.29) is 19.3 Å². The molecule has 3 aliphatic rings. The zero-order valence-corrected chi connectivity index (χ0v) is 17.8. The van der Waals surface area contributed by atoms with E-state index in [0.29, 0.717) is 0 Å². The van der Waals surface area contributed by atoms with Crippen molar-refractivity contribution in [2.75, 3.05) is 32.0 Å². The lowest BCUT2D eigenvalue weighted by atomic mass is 9.72. The Kier molecular flexibility index (Phi) is 6.45. The molecule has 0 aromatic rings. The molecular weight excluding hydrogens is 444 g/mol. The Balaban J connectivity index is 2.41. The maximum Gasteiger partial charge on any atom is 0.265 e. The van der Waals surface area contributed by atoms with Crippen molar-refractivity contribution in [3.8, 4) is 0 Å². The highest BCUT2D eigenvalue weighted by Gasteiger charge is 2.62. The molecular formula is C12H22N2O11S3. The van der Waals surface area contributed by atoms with Crippen molar-refractivity contribution in [1.29, 1.82) is 0 Å². The number of nitro groups is 1. The molecule has 3 rings (SSSR count). The van der Waals surface area contributed by atoms with Gasteiger partial charge in [-0.25, -0.2) is 0 Å². The van der Waals surface area contributed by atoms with Crippen LogP contribution in [0.3, 0.4) is 0 Å². The van der Waals surface area contributed by atoms with Gasteiger partial charge in [-0.3, -0.25) is 27.6 Å². The molecule has 0 spiro atoms. The average molecular weight is 467 g/mol. The van der Waals surface area contributed by atoms with E-state index in [9.17, 15) is 35.4 Å². The first-order chi connectivity index (χ1) is 12.5. The van der Waals surface area contributed by atoms with Crippen LogP contribution < -0.4 is 0 Å². The number of rotatable bonds is 9. The van der Waals surface area contributed by atoms with Crippen molar-refractivity contribution in [3.63, 3.8) is 0 Å². The van der Waals surface area contributed by atoms with Crippen LogP contribution in [0.5, 0.6) is 0 Å². The largest absolute Gasteiger partial charge is 0.269 e. The predicted octanol–water partition coefficient (Wildman–Crippen LogP) is -1.51. The molecule has 0 N–H and O–H groups in total. The molecule has 28 heavy (non-hydrogen) atoms. The monoisotopic (exact) mass is 466 g/mol. The first-order valence-electron chi connectivity index (χ1n) is 8.00. The fraction of sp³-hybridized carbons (Fsp3) is 1.00. The molecule has 3 unspecified atom stereocenters. The Bertz CT molecular complexity index is 882. The van der Waals surface area contributed by atoms with Crippen LogP contribution in [0.25, 0.3) is 0 Å². The van der Waals surface area contributed by atoms with E-state index in [1.807, 2.05) is 0 Å². The minimum atomic E-state index is -4.01. The van der Waals surface area contributed by atoms with Gasteiger partial charge in [0.1, 0.15) is 6.23 Å². The second-order valence-electron chi connectivity index (χ2n) is 7.08. The summed E-state index contributed by atoms with van der Waals surface area (Å²) in [5.41, 5.74) is -1.64. The molecule has 3 atom stereocenters. The lowest BCUT2D eigenvalue weighted by molar-refractivity contribution is -0.591. The van der Waals surface area contributed by atoms with Gasteiger partial charge in [-0.2, -0.15) is 25.3 Å². The molecule has 0 aliphatic carbocycles. The van der Waals surface area contributed by atoms with Crippen molar-refractivity contribution >= 4 is 30.4 Å². The van der Waals surface area contributed by atoms with Gasteiger partial charge in [0.15, 0.2) is 0 Å². The molecule has 3 aliphatic heterocycles. The zero-order valence-electron chi connectivity index (χ0n) is 15.4. The minimum Gasteiger partial charge on any atom is -0.269 e. The summed E-state index contributed by atoms with van der Waals surface area (Å²) in [7, 11) is -11.8. The van der Waals surface area contributed by atoms with E-state index >= 15 is 0 Å². The molecule has 3 heterocycles. The van der Waals surface area contributed by atoms with Crippen LogP contribution in [-0.2, 0) is 42.9 Å². The van der Waals surface area contributed by atoms with E-state index in [2.05, 4.69) is 0 Å². The summed E-state index contributed by atoms with van der Waals surface area (Å²) in [6.45, 7) is -0.957. The van der Waals surface area contributed by atoms with Gasteiger partial charge in [-0.05, 0) is 0 Å². The lowest BCUT2D eigenvalue weighted by Crippen LogP contribution is -2.71. The Hall–Kier alpha value is -0.910. The van der Waals surface area contributed by atoms with Crippen LogP contribution in [-0.4, -0.2) is 90.9 Å². The highest BCUT2D eigenvalue weighted by Crippen LogP contribution is 2.46. The highest BCUT2D eigenvalue weighted by atomic mass is 32.2. The van der Waals surface area contributed by atoms with E-state index in [4.69, 9.17) is 12.5 Å². The number of piperidine rings is 3. The summed E-state index contributed by atoms with van der Waals surface area (Å²) in [4.78, 5) is 12.6. The third-order valence-electron chi connectivity index (χ3n) is 4.58. The summed E-state index contributed by atoms with van der Waals surface area (Å²) >= 11 is 0. The third-order valence-corrected chi connectivity index (χ3v) is 6.28. The smallest absolute Gasteiger partial charge is 0.265 e. The fourth-order valence-corrected chi connectivity index (χ4v) is 5.12. The Morgan fingerprint density at radius 1 is 0.893 bits per heavy atom. The van der Waals surface area contributed by atoms with E-state index in [1.165, 1.54) is 4.90 Å². The van der Waals surface area contributed by atoms with Gasteiger partial charge in [-0.1, -0.05) is 0 Å². The molecule has 3 fully saturated rings. The van der Waals surface area contributed by atoms with Crippen LogP contribution in [0.4, 0.5) is 0 Å². The van der Waals surface area contributed by atoms with Gasteiger partial charge in [0.2, 0.25) is 5.54 Å². The molecule has 13 nitrogen and oxygen atoms in total. The number of hydrogen-bond donors (Lipinski definition) is 0. The van der Waals surface area contributed by atoms with Gasteiger partial charge in [0, 0.05) is 29.8 Å². The van der Waals surface area contributed by atoms with Crippen LogP contribution >= 0.6 is 0 Å². The first-order valence-corrected chi connectivity index (χ1v) is 13.5. The Morgan fingerprint density at radius 2 is 1.32 bits per heavy atom. The van der Waals surface area contributed by atoms with Crippen LogP contribution in [0.1, 0.15) is 19.3 Å². The van der Waals surface area contributed by atoms with Crippen molar-refractivity contribution in [1.82, 2.24) is 4.90 Å². The maximum atomic E-state index is 11.8. The van der Waals surface area contributed by atoms with Crippen LogP contribution in [0.15, 0.2) is 0 Å². The first kappa shape index (κ1) is 23.4. The van der Waals surface area contributed by atoms with Crippen molar-refractivity contribution in [2.45, 2.75) is 43.1 Å². The van der Waals surface area contributed by atoms with Gasteiger partial charge < -0.3 is 0 Å². The summed E-state index contributed by atoms with van der Waals surface area (Å²) in [6, 6.07) is -1.80. The number of nitrogens with zero attached hydrogens (tertiary/aromatic N) is 2. The maximum absolute atomic E-state index is 11.8. The fourth-order valence-electron chi connectivity index (χ4n) is 3.74. The molecule has 2 bridgehead atoms. The molecule has 164 valence electrons. The second-order valence-corrected chi connectivity index (χ2v) is 12.0. The van der Waals surface area contributed by atoms with Gasteiger partial charge >= 0.3 is 0 Å². The van der Waals surface area contributed by atoms with Gasteiger partial charge in [-0.15, -0.1) is 0 Å². The third kappa shape index (κ3) is 6.04. The summed E-state index contributed by atoms with van der Waals surface area (Å²) in [6.07, 6.45) is 0.604. The standard InChI is InChI=1S/C12H22N2O11S3/c1-26(17,18)23-7-9-4-12(14(15)16)5-10(8-24-27(2,19)20)13(9)11(6-12)25-28(3,21)22/h9-11H,4-8H2,1-3H3. The van der Waals surface area contributed by atoms with Crippen LogP contribution in [0.2, 0.25) is 0 Å².